The SMILES string of the molecule is O=c1c(-c2ccncc2)c(-c2ccccc2)[nH]c2ncccc12. The molecule has 110 valence electrons. The second-order valence-corrected chi connectivity index (χ2v) is 5.21. The van der Waals surface area contributed by atoms with Gasteiger partial charge in [-0.15, -0.1) is 0 Å². The van der Waals surface area contributed by atoms with Crippen LogP contribution in [0.15, 0.2) is 78.0 Å². The van der Waals surface area contributed by atoms with Crippen LogP contribution >= 0.6 is 0 Å². The van der Waals surface area contributed by atoms with Crippen molar-refractivity contribution in [2.45, 2.75) is 0 Å². The van der Waals surface area contributed by atoms with Gasteiger partial charge < -0.3 is 4.98 Å². The zero-order valence-electron chi connectivity index (χ0n) is 12.2. The maximum atomic E-state index is 13.0. The highest BCUT2D eigenvalue weighted by Gasteiger charge is 2.15. The summed E-state index contributed by atoms with van der Waals surface area (Å²) in [6.07, 6.45) is 5.06. The van der Waals surface area contributed by atoms with Crippen LogP contribution in [0.5, 0.6) is 0 Å². The van der Waals surface area contributed by atoms with E-state index in [0.717, 1.165) is 16.8 Å². The van der Waals surface area contributed by atoms with Crippen LogP contribution in [0.4, 0.5) is 0 Å². The Morgan fingerprint density at radius 1 is 0.783 bits per heavy atom. The van der Waals surface area contributed by atoms with E-state index in [9.17, 15) is 4.79 Å². The first-order valence-corrected chi connectivity index (χ1v) is 7.31. The molecule has 0 bridgehead atoms. The molecule has 23 heavy (non-hydrogen) atoms. The van der Waals surface area contributed by atoms with Gasteiger partial charge in [-0.25, -0.2) is 4.98 Å². The summed E-state index contributed by atoms with van der Waals surface area (Å²) in [5.74, 6) is 0. The highest BCUT2D eigenvalue weighted by atomic mass is 16.1. The van der Waals surface area contributed by atoms with Crippen LogP contribution in [-0.4, -0.2) is 15.0 Å². The molecule has 4 heteroatoms. The minimum Gasteiger partial charge on any atom is -0.339 e. The molecule has 4 nitrogen and oxygen atoms in total. The molecule has 1 N–H and O–H groups in total. The van der Waals surface area contributed by atoms with Gasteiger partial charge in [0.2, 0.25) is 0 Å². The average molecular weight is 299 g/mol. The molecule has 0 saturated heterocycles. The van der Waals surface area contributed by atoms with Gasteiger partial charge in [0.25, 0.3) is 0 Å². The maximum absolute atomic E-state index is 13.0. The Morgan fingerprint density at radius 2 is 1.57 bits per heavy atom. The van der Waals surface area contributed by atoms with E-state index in [1.807, 2.05) is 42.5 Å². The third-order valence-electron chi connectivity index (χ3n) is 3.80. The van der Waals surface area contributed by atoms with Crippen molar-refractivity contribution in [2.24, 2.45) is 0 Å². The topological polar surface area (TPSA) is 58.6 Å². The highest BCUT2D eigenvalue weighted by Crippen LogP contribution is 2.28. The third-order valence-corrected chi connectivity index (χ3v) is 3.80. The predicted octanol–water partition coefficient (Wildman–Crippen LogP) is 3.65. The van der Waals surface area contributed by atoms with Crippen LogP contribution in [-0.2, 0) is 0 Å². The molecule has 3 heterocycles. The molecular formula is C19H13N3O. The van der Waals surface area contributed by atoms with Gasteiger partial charge in [0.05, 0.1) is 16.6 Å². The number of nitrogens with one attached hydrogen (secondary N) is 1. The largest absolute Gasteiger partial charge is 0.339 e. The molecule has 4 rings (SSSR count). The molecule has 0 radical (unpaired) electrons. The van der Waals surface area contributed by atoms with Crippen molar-refractivity contribution in [1.29, 1.82) is 0 Å². The van der Waals surface area contributed by atoms with Gasteiger partial charge in [-0.05, 0) is 35.4 Å². The molecule has 0 atom stereocenters. The van der Waals surface area contributed by atoms with Crippen LogP contribution in [0.2, 0.25) is 0 Å². The maximum Gasteiger partial charge on any atom is 0.199 e. The van der Waals surface area contributed by atoms with Gasteiger partial charge in [-0.3, -0.25) is 9.78 Å². The molecular weight excluding hydrogens is 286 g/mol. The summed E-state index contributed by atoms with van der Waals surface area (Å²) in [5.41, 5.74) is 3.76. The summed E-state index contributed by atoms with van der Waals surface area (Å²) < 4.78 is 0. The van der Waals surface area contributed by atoms with E-state index >= 15 is 0 Å². The van der Waals surface area contributed by atoms with Gasteiger partial charge in [-0.1, -0.05) is 30.3 Å². The summed E-state index contributed by atoms with van der Waals surface area (Å²) in [5, 5.41) is 0.582. The van der Waals surface area contributed by atoms with E-state index in [1.165, 1.54) is 0 Å². The molecule has 0 spiro atoms. The van der Waals surface area contributed by atoms with E-state index in [-0.39, 0.29) is 5.43 Å². The first kappa shape index (κ1) is 13.4. The third kappa shape index (κ3) is 2.30. The molecule has 1 aromatic carbocycles. The molecule has 0 amide bonds. The molecule has 0 aliphatic rings. The second-order valence-electron chi connectivity index (χ2n) is 5.21. The van der Waals surface area contributed by atoms with E-state index in [0.29, 0.717) is 16.6 Å². The van der Waals surface area contributed by atoms with Crippen LogP contribution in [0, 0.1) is 0 Å². The fourth-order valence-electron chi connectivity index (χ4n) is 2.73. The fraction of sp³-hybridized carbons (Fsp3) is 0. The summed E-state index contributed by atoms with van der Waals surface area (Å²) in [6.45, 7) is 0. The number of nitrogens with zero attached hydrogens (tertiary/aromatic N) is 2. The Bertz CT molecular complexity index is 1020. The van der Waals surface area contributed by atoms with Crippen LogP contribution in [0.25, 0.3) is 33.4 Å². The zero-order valence-corrected chi connectivity index (χ0v) is 12.2. The lowest BCUT2D eigenvalue weighted by Gasteiger charge is -2.11. The Labute approximate surface area is 132 Å². The van der Waals surface area contributed by atoms with E-state index in [4.69, 9.17) is 0 Å². The smallest absolute Gasteiger partial charge is 0.199 e. The number of aromatic nitrogens is 3. The van der Waals surface area contributed by atoms with Crippen molar-refractivity contribution >= 4 is 11.0 Å². The molecule has 0 fully saturated rings. The van der Waals surface area contributed by atoms with Crippen molar-refractivity contribution in [3.8, 4) is 22.4 Å². The molecule has 0 unspecified atom stereocenters. The van der Waals surface area contributed by atoms with Crippen molar-refractivity contribution in [2.75, 3.05) is 0 Å². The lowest BCUT2D eigenvalue weighted by molar-refractivity contribution is 1.27. The van der Waals surface area contributed by atoms with Crippen molar-refractivity contribution in [1.82, 2.24) is 15.0 Å². The lowest BCUT2D eigenvalue weighted by Crippen LogP contribution is -2.10. The Kier molecular flexibility index (Phi) is 3.20. The van der Waals surface area contributed by atoms with Crippen LogP contribution < -0.4 is 5.43 Å². The Balaban J connectivity index is 2.14. The van der Waals surface area contributed by atoms with Gasteiger partial charge >= 0.3 is 0 Å². The minimum absolute atomic E-state index is 0.0306. The number of pyridine rings is 3. The molecule has 3 aromatic heterocycles. The Hall–Kier alpha value is -3.27. The molecule has 4 aromatic rings. The standard InChI is InChI=1S/C19H13N3O/c23-18-15-7-4-10-21-19(15)22-17(14-5-2-1-3-6-14)16(18)13-8-11-20-12-9-13/h1-12H,(H,21,22,23). The van der Waals surface area contributed by atoms with Gasteiger partial charge in [0, 0.05) is 18.6 Å². The van der Waals surface area contributed by atoms with Gasteiger partial charge in [0.1, 0.15) is 5.65 Å². The molecule has 0 saturated carbocycles. The van der Waals surface area contributed by atoms with Crippen LogP contribution in [0.3, 0.4) is 0 Å². The zero-order chi connectivity index (χ0) is 15.6. The number of benzene rings is 1. The number of H-pyrrole nitrogens is 1. The highest BCUT2D eigenvalue weighted by molar-refractivity contribution is 5.89. The number of aromatic amines is 1. The van der Waals surface area contributed by atoms with E-state index in [1.54, 1.807) is 30.7 Å². The monoisotopic (exact) mass is 299 g/mol. The van der Waals surface area contributed by atoms with Crippen molar-refractivity contribution in [3.05, 3.63) is 83.4 Å². The minimum atomic E-state index is -0.0306. The first-order chi connectivity index (χ1) is 11.3. The average Bonchev–Trinajstić information content (AvgIpc) is 2.63. The van der Waals surface area contributed by atoms with Crippen molar-refractivity contribution in [3.63, 3.8) is 0 Å². The predicted molar refractivity (Wildman–Crippen MR) is 91.0 cm³/mol. The number of hydrogen-bond donors (Lipinski definition) is 1. The molecule has 0 aliphatic carbocycles. The number of hydrogen-bond acceptors (Lipinski definition) is 3. The Morgan fingerprint density at radius 3 is 2.35 bits per heavy atom. The second kappa shape index (κ2) is 5.50. The quantitative estimate of drug-likeness (QED) is 0.614. The number of rotatable bonds is 2. The van der Waals surface area contributed by atoms with Crippen LogP contribution in [0.1, 0.15) is 0 Å². The molecule has 0 aliphatic heterocycles. The van der Waals surface area contributed by atoms with Gasteiger partial charge in [-0.2, -0.15) is 0 Å². The van der Waals surface area contributed by atoms with Crippen molar-refractivity contribution < 1.29 is 0 Å². The normalized spacial score (nSPS) is 10.8. The first-order valence-electron chi connectivity index (χ1n) is 7.31. The summed E-state index contributed by atoms with van der Waals surface area (Å²) in [7, 11) is 0. The van der Waals surface area contributed by atoms with Gasteiger partial charge in [0.15, 0.2) is 5.43 Å². The van der Waals surface area contributed by atoms with E-state index < -0.39 is 0 Å². The van der Waals surface area contributed by atoms with E-state index in [2.05, 4.69) is 15.0 Å². The number of fused-ring (bicyclic) bond motifs is 1. The lowest BCUT2D eigenvalue weighted by atomic mass is 9.98. The summed E-state index contributed by atoms with van der Waals surface area (Å²) in [6, 6.07) is 17.1. The fourth-order valence-corrected chi connectivity index (χ4v) is 2.73. The summed E-state index contributed by atoms with van der Waals surface area (Å²) >= 11 is 0. The summed E-state index contributed by atoms with van der Waals surface area (Å²) in [4.78, 5) is 24.7.